The molecule has 0 spiro atoms. The first-order valence-electron chi connectivity index (χ1n) is 5.49. The Kier molecular flexibility index (Phi) is 4.38. The van der Waals surface area contributed by atoms with Crippen LogP contribution >= 0.6 is 0 Å². The third-order valence-corrected chi connectivity index (χ3v) is 2.76. The highest BCUT2D eigenvalue weighted by molar-refractivity contribution is 5.01. The fourth-order valence-corrected chi connectivity index (χ4v) is 1.14. The molecule has 14 heavy (non-hydrogen) atoms. The molecule has 0 bridgehead atoms. The second-order valence-corrected chi connectivity index (χ2v) is 6.46. The number of nitrogens with two attached hydrogens (primary N) is 1. The smallest absolute Gasteiger partial charge is 0.0255 e. The Labute approximate surface area is 89.8 Å². The maximum Gasteiger partial charge on any atom is 0.0255 e. The summed E-state index contributed by atoms with van der Waals surface area (Å²) in [6, 6.07) is 0.161. The van der Waals surface area contributed by atoms with E-state index in [2.05, 4.69) is 60.6 Å². The molecule has 0 aromatic heterocycles. The molecule has 0 saturated carbocycles. The second-order valence-electron chi connectivity index (χ2n) is 6.46. The summed E-state index contributed by atoms with van der Waals surface area (Å²) in [6.45, 7) is 15.5. The Morgan fingerprint density at radius 2 is 1.43 bits per heavy atom. The topological polar surface area (TPSA) is 26.0 Å². The van der Waals surface area contributed by atoms with Gasteiger partial charge in [0.1, 0.15) is 0 Å². The lowest BCUT2D eigenvalue weighted by atomic mass is 9.77. The van der Waals surface area contributed by atoms with Crippen LogP contribution in [0.1, 0.15) is 48.5 Å². The molecular formula is C13H27N. The zero-order valence-corrected chi connectivity index (χ0v) is 10.9. The van der Waals surface area contributed by atoms with Crippen molar-refractivity contribution in [1.29, 1.82) is 0 Å². The molecule has 0 saturated heterocycles. The molecule has 1 nitrogen and oxygen atoms in total. The van der Waals surface area contributed by atoms with Gasteiger partial charge in [0.15, 0.2) is 0 Å². The van der Waals surface area contributed by atoms with Gasteiger partial charge < -0.3 is 5.73 Å². The predicted molar refractivity (Wildman–Crippen MR) is 65.2 cm³/mol. The van der Waals surface area contributed by atoms with E-state index in [0.717, 1.165) is 0 Å². The number of allylic oxidation sites excluding steroid dienone is 1. The van der Waals surface area contributed by atoms with E-state index in [0.29, 0.717) is 5.92 Å². The molecule has 0 aliphatic carbocycles. The zero-order chi connectivity index (χ0) is 11.6. The second kappa shape index (κ2) is 4.48. The molecule has 1 heteroatoms. The van der Waals surface area contributed by atoms with Gasteiger partial charge in [-0.3, -0.25) is 0 Å². The molecular weight excluding hydrogens is 170 g/mol. The van der Waals surface area contributed by atoms with Crippen molar-refractivity contribution in [3.63, 3.8) is 0 Å². The van der Waals surface area contributed by atoms with Gasteiger partial charge in [-0.2, -0.15) is 0 Å². The molecule has 2 N–H and O–H groups in total. The molecule has 0 aliphatic heterocycles. The largest absolute Gasteiger partial charge is 0.324 e. The molecule has 0 aliphatic rings. The molecule has 1 unspecified atom stereocenters. The van der Waals surface area contributed by atoms with E-state index in [-0.39, 0.29) is 16.9 Å². The van der Waals surface area contributed by atoms with Gasteiger partial charge >= 0.3 is 0 Å². The predicted octanol–water partition coefficient (Wildman–Crippen LogP) is 3.60. The van der Waals surface area contributed by atoms with Crippen molar-refractivity contribution in [3.05, 3.63) is 12.2 Å². The van der Waals surface area contributed by atoms with Crippen molar-refractivity contribution >= 4 is 0 Å². The van der Waals surface area contributed by atoms with Gasteiger partial charge in [-0.25, -0.2) is 0 Å². The first kappa shape index (κ1) is 13.7. The SMILES string of the molecule is C[C@@H](C(N)/C=C/C(C)(C)C)C(C)(C)C. The van der Waals surface area contributed by atoms with E-state index in [9.17, 15) is 0 Å². The highest BCUT2D eigenvalue weighted by atomic mass is 14.6. The summed E-state index contributed by atoms with van der Waals surface area (Å²) in [5, 5.41) is 0. The average molecular weight is 197 g/mol. The molecule has 0 aromatic carbocycles. The number of hydrogen-bond acceptors (Lipinski definition) is 1. The minimum absolute atomic E-state index is 0.161. The Bertz CT molecular complexity index is 190. The zero-order valence-electron chi connectivity index (χ0n) is 10.9. The summed E-state index contributed by atoms with van der Waals surface area (Å²) >= 11 is 0. The quantitative estimate of drug-likeness (QED) is 0.673. The van der Waals surface area contributed by atoms with Crippen LogP contribution < -0.4 is 5.73 Å². The molecule has 2 atom stereocenters. The van der Waals surface area contributed by atoms with Gasteiger partial charge in [0.2, 0.25) is 0 Å². The first-order valence-corrected chi connectivity index (χ1v) is 5.49. The minimum Gasteiger partial charge on any atom is -0.324 e. The third kappa shape index (κ3) is 5.43. The third-order valence-electron chi connectivity index (χ3n) is 2.76. The molecule has 0 amide bonds. The van der Waals surface area contributed by atoms with Gasteiger partial charge in [-0.1, -0.05) is 60.6 Å². The minimum atomic E-state index is 0.161. The maximum atomic E-state index is 6.12. The Hall–Kier alpha value is -0.300. The molecule has 0 heterocycles. The lowest BCUT2D eigenvalue weighted by Crippen LogP contribution is -2.35. The highest BCUT2D eigenvalue weighted by Gasteiger charge is 2.24. The molecule has 0 fully saturated rings. The number of hydrogen-bond donors (Lipinski definition) is 1. The summed E-state index contributed by atoms with van der Waals surface area (Å²) in [5.74, 6) is 0.501. The Balaban J connectivity index is 4.36. The Morgan fingerprint density at radius 1 is 1.00 bits per heavy atom. The van der Waals surface area contributed by atoms with Crippen LogP contribution in [0.3, 0.4) is 0 Å². The van der Waals surface area contributed by atoms with Crippen molar-refractivity contribution in [2.24, 2.45) is 22.5 Å². The molecule has 84 valence electrons. The van der Waals surface area contributed by atoms with Gasteiger partial charge in [-0.15, -0.1) is 0 Å². The van der Waals surface area contributed by atoms with Crippen molar-refractivity contribution in [1.82, 2.24) is 0 Å². The van der Waals surface area contributed by atoms with Crippen LogP contribution in [0.25, 0.3) is 0 Å². The van der Waals surface area contributed by atoms with Crippen molar-refractivity contribution in [3.8, 4) is 0 Å². The van der Waals surface area contributed by atoms with Gasteiger partial charge in [0, 0.05) is 6.04 Å². The van der Waals surface area contributed by atoms with E-state index in [1.807, 2.05) is 0 Å². The van der Waals surface area contributed by atoms with Crippen molar-refractivity contribution in [2.45, 2.75) is 54.5 Å². The molecule has 0 rings (SSSR count). The van der Waals surface area contributed by atoms with Crippen LogP contribution in [0.4, 0.5) is 0 Å². The maximum absolute atomic E-state index is 6.12. The van der Waals surface area contributed by atoms with Crippen LogP contribution in [0.2, 0.25) is 0 Å². The summed E-state index contributed by atoms with van der Waals surface area (Å²) in [4.78, 5) is 0. The van der Waals surface area contributed by atoms with Crippen LogP contribution in [0, 0.1) is 16.7 Å². The average Bonchev–Trinajstić information content (AvgIpc) is 1.95. The lowest BCUT2D eigenvalue weighted by Gasteiger charge is -2.31. The van der Waals surface area contributed by atoms with Crippen molar-refractivity contribution in [2.75, 3.05) is 0 Å². The monoisotopic (exact) mass is 197 g/mol. The summed E-state index contributed by atoms with van der Waals surface area (Å²) in [6.07, 6.45) is 4.36. The van der Waals surface area contributed by atoms with Gasteiger partial charge in [0.05, 0.1) is 0 Å². The van der Waals surface area contributed by atoms with Crippen molar-refractivity contribution < 1.29 is 0 Å². The summed E-state index contributed by atoms with van der Waals surface area (Å²) < 4.78 is 0. The van der Waals surface area contributed by atoms with Crippen LogP contribution in [-0.4, -0.2) is 6.04 Å². The lowest BCUT2D eigenvalue weighted by molar-refractivity contribution is 0.241. The van der Waals surface area contributed by atoms with E-state index in [1.54, 1.807) is 0 Å². The molecule has 0 radical (unpaired) electrons. The van der Waals surface area contributed by atoms with Gasteiger partial charge in [-0.05, 0) is 16.7 Å². The summed E-state index contributed by atoms with van der Waals surface area (Å²) in [7, 11) is 0. The van der Waals surface area contributed by atoms with Gasteiger partial charge in [0.25, 0.3) is 0 Å². The highest BCUT2D eigenvalue weighted by Crippen LogP contribution is 2.28. The Morgan fingerprint density at radius 3 is 1.71 bits per heavy atom. The van der Waals surface area contributed by atoms with E-state index >= 15 is 0 Å². The van der Waals surface area contributed by atoms with Crippen LogP contribution in [0.15, 0.2) is 12.2 Å². The fourth-order valence-electron chi connectivity index (χ4n) is 1.14. The first-order chi connectivity index (χ1) is 6.04. The van der Waals surface area contributed by atoms with Crippen LogP contribution in [0.5, 0.6) is 0 Å². The van der Waals surface area contributed by atoms with E-state index in [1.165, 1.54) is 0 Å². The van der Waals surface area contributed by atoms with E-state index < -0.39 is 0 Å². The van der Waals surface area contributed by atoms with Crippen LogP contribution in [-0.2, 0) is 0 Å². The normalized spacial score (nSPS) is 18.6. The number of rotatable bonds is 2. The molecule has 0 aromatic rings. The fraction of sp³-hybridized carbons (Fsp3) is 0.846. The van der Waals surface area contributed by atoms with E-state index in [4.69, 9.17) is 5.73 Å². The standard InChI is InChI=1S/C13H27N/c1-10(13(5,6)7)11(14)8-9-12(2,3)4/h8-11H,14H2,1-7H3/b9-8+/t10-,11?/m0/s1. The summed E-state index contributed by atoms with van der Waals surface area (Å²) in [5.41, 5.74) is 6.63.